The number of aromatic nitrogens is 2. The third-order valence-corrected chi connectivity index (χ3v) is 3.46. The Balaban J connectivity index is 1.90. The molecule has 1 heterocycles. The van der Waals surface area contributed by atoms with Crippen LogP contribution in [0.2, 0.25) is 5.02 Å². The lowest BCUT2D eigenvalue weighted by Crippen LogP contribution is -1.95. The van der Waals surface area contributed by atoms with Crippen LogP contribution in [-0.2, 0) is 11.2 Å². The molecule has 5 heteroatoms. The molecule has 0 fully saturated rings. The molecule has 2 N–H and O–H groups in total. The highest BCUT2D eigenvalue weighted by Crippen LogP contribution is 2.25. The molecule has 0 radical (unpaired) electrons. The van der Waals surface area contributed by atoms with Crippen LogP contribution in [0.1, 0.15) is 12.5 Å². The van der Waals surface area contributed by atoms with Crippen LogP contribution in [0.25, 0.3) is 11.0 Å². The highest BCUT2D eigenvalue weighted by Gasteiger charge is 2.06. The lowest BCUT2D eigenvalue weighted by atomic mass is 10.1. The number of fused-ring (bicyclic) bond motifs is 1. The zero-order valence-corrected chi connectivity index (χ0v) is 12.2. The Labute approximate surface area is 127 Å². The van der Waals surface area contributed by atoms with Crippen molar-refractivity contribution in [1.29, 1.82) is 0 Å². The van der Waals surface area contributed by atoms with Gasteiger partial charge in [-0.05, 0) is 36.8 Å². The molecular formula is C16H14ClN3O. The van der Waals surface area contributed by atoms with Gasteiger partial charge in [-0.25, -0.2) is 4.98 Å². The molecule has 1 aromatic heterocycles. The fourth-order valence-corrected chi connectivity index (χ4v) is 2.39. The predicted molar refractivity (Wildman–Crippen MR) is 85.2 cm³/mol. The Hall–Kier alpha value is -2.33. The first-order valence-electron chi connectivity index (χ1n) is 6.61. The Morgan fingerprint density at radius 1 is 1.29 bits per heavy atom. The number of imidazole rings is 1. The molecule has 0 spiro atoms. The number of carbonyl (C=O) groups is 1. The number of Topliss-reactive ketones (excluding diaryl/α,β-unsaturated/α-hetero) is 1. The first-order valence-corrected chi connectivity index (χ1v) is 6.99. The maximum absolute atomic E-state index is 11.2. The zero-order chi connectivity index (χ0) is 14.8. The summed E-state index contributed by atoms with van der Waals surface area (Å²) in [4.78, 5) is 18.8. The van der Waals surface area contributed by atoms with Gasteiger partial charge >= 0.3 is 0 Å². The third-order valence-electron chi connectivity index (χ3n) is 3.13. The molecule has 21 heavy (non-hydrogen) atoms. The number of para-hydroxylation sites is 1. The Morgan fingerprint density at radius 2 is 2.10 bits per heavy atom. The van der Waals surface area contributed by atoms with E-state index in [1.54, 1.807) is 6.92 Å². The van der Waals surface area contributed by atoms with Gasteiger partial charge in [0.15, 0.2) is 0 Å². The Bertz CT molecular complexity index is 810. The van der Waals surface area contributed by atoms with E-state index in [2.05, 4.69) is 15.3 Å². The number of nitrogens with one attached hydrogen (secondary N) is 2. The van der Waals surface area contributed by atoms with Crippen molar-refractivity contribution in [3.63, 3.8) is 0 Å². The molecule has 3 aromatic rings. The Morgan fingerprint density at radius 3 is 2.86 bits per heavy atom. The second kappa shape index (κ2) is 5.58. The van der Waals surface area contributed by atoms with Crippen molar-refractivity contribution in [3.05, 3.63) is 53.1 Å². The maximum Gasteiger partial charge on any atom is 0.205 e. The van der Waals surface area contributed by atoms with Gasteiger partial charge in [0.25, 0.3) is 0 Å². The average Bonchev–Trinajstić information content (AvgIpc) is 2.82. The Kier molecular flexibility index (Phi) is 3.62. The molecule has 0 bridgehead atoms. The van der Waals surface area contributed by atoms with Crippen LogP contribution in [0.3, 0.4) is 0 Å². The number of anilines is 2. The number of ketones is 1. The molecule has 4 nitrogen and oxygen atoms in total. The minimum absolute atomic E-state index is 0.142. The van der Waals surface area contributed by atoms with Gasteiger partial charge in [0.05, 0.1) is 21.7 Å². The standard InChI is InChI=1S/C16H14ClN3O/c1-10(21)8-11-6-7-14-15(9-11)20-16(19-14)18-13-5-3-2-4-12(13)17/h2-7,9H,8H2,1H3,(H2,18,19,20). The number of hydrogen-bond acceptors (Lipinski definition) is 3. The summed E-state index contributed by atoms with van der Waals surface area (Å²) in [5.41, 5.74) is 3.50. The first kappa shape index (κ1) is 13.6. The predicted octanol–water partition coefficient (Wildman–Crippen LogP) is 4.09. The summed E-state index contributed by atoms with van der Waals surface area (Å²) in [7, 11) is 0. The van der Waals surface area contributed by atoms with E-state index in [0.29, 0.717) is 17.4 Å². The van der Waals surface area contributed by atoms with Crippen LogP contribution in [-0.4, -0.2) is 15.8 Å². The molecule has 0 saturated heterocycles. The number of benzene rings is 2. The third kappa shape index (κ3) is 3.06. The number of carbonyl (C=O) groups excluding carboxylic acids is 1. The zero-order valence-electron chi connectivity index (χ0n) is 11.5. The smallest absolute Gasteiger partial charge is 0.205 e. The summed E-state index contributed by atoms with van der Waals surface area (Å²) in [6, 6.07) is 13.3. The SMILES string of the molecule is CC(=O)Cc1ccc2nc(Nc3ccccc3Cl)[nH]c2c1. The molecule has 2 aromatic carbocycles. The van der Waals surface area contributed by atoms with E-state index in [1.807, 2.05) is 42.5 Å². The summed E-state index contributed by atoms with van der Waals surface area (Å²) in [5, 5.41) is 3.79. The second-order valence-corrected chi connectivity index (χ2v) is 5.33. The number of H-pyrrole nitrogens is 1. The van der Waals surface area contributed by atoms with Gasteiger partial charge in [0.2, 0.25) is 5.95 Å². The maximum atomic E-state index is 11.2. The van der Waals surface area contributed by atoms with Gasteiger partial charge in [-0.1, -0.05) is 29.8 Å². The van der Waals surface area contributed by atoms with Gasteiger partial charge in [-0.15, -0.1) is 0 Å². The largest absolute Gasteiger partial charge is 0.324 e. The average molecular weight is 300 g/mol. The lowest BCUT2D eigenvalue weighted by molar-refractivity contribution is -0.116. The topological polar surface area (TPSA) is 57.8 Å². The minimum atomic E-state index is 0.142. The van der Waals surface area contributed by atoms with E-state index in [-0.39, 0.29) is 5.78 Å². The molecule has 0 aliphatic carbocycles. The number of nitrogens with zero attached hydrogens (tertiary/aromatic N) is 1. The van der Waals surface area contributed by atoms with Crippen molar-refractivity contribution >= 4 is 40.1 Å². The highest BCUT2D eigenvalue weighted by molar-refractivity contribution is 6.33. The van der Waals surface area contributed by atoms with E-state index >= 15 is 0 Å². The lowest BCUT2D eigenvalue weighted by Gasteiger charge is -2.03. The van der Waals surface area contributed by atoms with E-state index in [1.165, 1.54) is 0 Å². The van der Waals surface area contributed by atoms with Crippen molar-refractivity contribution in [2.45, 2.75) is 13.3 Å². The van der Waals surface area contributed by atoms with Crippen molar-refractivity contribution in [3.8, 4) is 0 Å². The van der Waals surface area contributed by atoms with Gasteiger partial charge in [-0.2, -0.15) is 0 Å². The quantitative estimate of drug-likeness (QED) is 0.763. The minimum Gasteiger partial charge on any atom is -0.324 e. The van der Waals surface area contributed by atoms with Crippen molar-refractivity contribution in [2.24, 2.45) is 0 Å². The molecule has 0 amide bonds. The van der Waals surface area contributed by atoms with Crippen LogP contribution < -0.4 is 5.32 Å². The fraction of sp³-hybridized carbons (Fsp3) is 0.125. The first-order chi connectivity index (χ1) is 10.1. The van der Waals surface area contributed by atoms with Crippen molar-refractivity contribution in [1.82, 2.24) is 9.97 Å². The molecule has 0 atom stereocenters. The molecule has 0 saturated carbocycles. The van der Waals surface area contributed by atoms with Gasteiger partial charge in [0, 0.05) is 6.42 Å². The monoisotopic (exact) mass is 299 g/mol. The summed E-state index contributed by atoms with van der Waals surface area (Å²) in [6.07, 6.45) is 0.433. The number of rotatable bonds is 4. The molecule has 0 unspecified atom stereocenters. The van der Waals surface area contributed by atoms with Crippen LogP contribution in [0.15, 0.2) is 42.5 Å². The van der Waals surface area contributed by atoms with E-state index in [0.717, 1.165) is 22.3 Å². The van der Waals surface area contributed by atoms with Gasteiger partial charge in [-0.3, -0.25) is 4.79 Å². The summed E-state index contributed by atoms with van der Waals surface area (Å²) in [5.74, 6) is 0.765. The highest BCUT2D eigenvalue weighted by atomic mass is 35.5. The van der Waals surface area contributed by atoms with Gasteiger partial charge in [0.1, 0.15) is 5.78 Å². The van der Waals surface area contributed by atoms with E-state index in [4.69, 9.17) is 11.6 Å². The summed E-state index contributed by atoms with van der Waals surface area (Å²) >= 11 is 6.11. The van der Waals surface area contributed by atoms with Crippen LogP contribution in [0, 0.1) is 0 Å². The number of halogens is 1. The molecular weight excluding hydrogens is 286 g/mol. The number of hydrogen-bond donors (Lipinski definition) is 2. The molecule has 0 aliphatic rings. The summed E-state index contributed by atoms with van der Waals surface area (Å²) in [6.45, 7) is 1.58. The van der Waals surface area contributed by atoms with E-state index in [9.17, 15) is 4.79 Å². The normalized spacial score (nSPS) is 10.8. The van der Waals surface area contributed by atoms with Crippen LogP contribution >= 0.6 is 11.6 Å². The molecule has 0 aliphatic heterocycles. The van der Waals surface area contributed by atoms with Gasteiger partial charge < -0.3 is 10.3 Å². The number of aromatic amines is 1. The summed E-state index contributed by atoms with van der Waals surface area (Å²) < 4.78 is 0. The fourth-order valence-electron chi connectivity index (χ4n) is 2.20. The molecule has 3 rings (SSSR count). The van der Waals surface area contributed by atoms with Crippen LogP contribution in [0.5, 0.6) is 0 Å². The van der Waals surface area contributed by atoms with E-state index < -0.39 is 0 Å². The second-order valence-electron chi connectivity index (χ2n) is 4.92. The van der Waals surface area contributed by atoms with Crippen molar-refractivity contribution in [2.75, 3.05) is 5.32 Å². The van der Waals surface area contributed by atoms with Crippen molar-refractivity contribution < 1.29 is 4.79 Å². The molecule has 106 valence electrons. The van der Waals surface area contributed by atoms with Crippen LogP contribution in [0.4, 0.5) is 11.6 Å².